The van der Waals surface area contributed by atoms with Crippen LogP contribution in [0.1, 0.15) is 16.6 Å². The number of ether oxygens (including phenoxy) is 1. The largest absolute Gasteiger partial charge is 0.495 e. The number of aryl methyl sites for hydroxylation is 1. The Hall–Kier alpha value is -2.58. The van der Waals surface area contributed by atoms with Crippen molar-refractivity contribution in [3.8, 4) is 11.4 Å². The van der Waals surface area contributed by atoms with Gasteiger partial charge in [-0.3, -0.25) is 14.7 Å². The minimum absolute atomic E-state index is 0.270. The Morgan fingerprint density at radius 3 is 2.63 bits per heavy atom. The number of nitrogens with zero attached hydrogens (tertiary/aromatic N) is 4. The van der Waals surface area contributed by atoms with Gasteiger partial charge >= 0.3 is 0 Å². The van der Waals surface area contributed by atoms with Crippen LogP contribution in [-0.2, 0) is 0 Å². The van der Waals surface area contributed by atoms with Crippen LogP contribution in [0.15, 0.2) is 53.7 Å². The predicted octanol–water partition coefficient (Wildman–Crippen LogP) is 4.35. The minimum atomic E-state index is -0.477. The molecule has 0 aliphatic heterocycles. The number of aromatic nitrogens is 3. The first-order valence-corrected chi connectivity index (χ1v) is 9.34. The third-order valence-electron chi connectivity index (χ3n) is 3.92. The molecular weight excluding hydrogens is 388 g/mol. The molecule has 0 aliphatic rings. The van der Waals surface area contributed by atoms with E-state index in [0.717, 1.165) is 11.3 Å². The number of nitro groups is 1. The van der Waals surface area contributed by atoms with E-state index in [1.54, 1.807) is 18.2 Å². The van der Waals surface area contributed by atoms with E-state index in [0.29, 0.717) is 21.8 Å². The Balaban J connectivity index is 1.97. The molecule has 0 amide bonds. The summed E-state index contributed by atoms with van der Waals surface area (Å²) in [5.74, 6) is 1.23. The van der Waals surface area contributed by atoms with Crippen LogP contribution in [0, 0.1) is 17.0 Å². The van der Waals surface area contributed by atoms with Crippen molar-refractivity contribution in [3.63, 3.8) is 0 Å². The molecule has 1 heterocycles. The molecule has 1 atom stereocenters. The van der Waals surface area contributed by atoms with Gasteiger partial charge in [0.25, 0.3) is 0 Å². The monoisotopic (exact) mass is 404 g/mol. The van der Waals surface area contributed by atoms with Crippen molar-refractivity contribution < 1.29 is 9.66 Å². The van der Waals surface area contributed by atoms with Crippen molar-refractivity contribution in [1.82, 2.24) is 14.8 Å². The van der Waals surface area contributed by atoms with Gasteiger partial charge < -0.3 is 4.74 Å². The topological polar surface area (TPSA) is 83.1 Å². The van der Waals surface area contributed by atoms with Crippen molar-refractivity contribution in [2.45, 2.75) is 17.3 Å². The highest BCUT2D eigenvalue weighted by Gasteiger charge is 2.24. The highest BCUT2D eigenvalue weighted by atomic mass is 35.5. The number of benzene rings is 2. The molecule has 0 radical (unpaired) electrons. The molecule has 0 unspecified atom stereocenters. The number of hydrogen-bond donors (Lipinski definition) is 0. The average molecular weight is 405 g/mol. The van der Waals surface area contributed by atoms with Crippen molar-refractivity contribution in [2.75, 3.05) is 13.7 Å². The van der Waals surface area contributed by atoms with Crippen LogP contribution >= 0.6 is 23.4 Å². The fourth-order valence-electron chi connectivity index (χ4n) is 2.65. The normalized spacial score (nSPS) is 12.0. The fraction of sp³-hybridized carbons (Fsp3) is 0.222. The van der Waals surface area contributed by atoms with Gasteiger partial charge in [-0.25, -0.2) is 0 Å². The van der Waals surface area contributed by atoms with Crippen molar-refractivity contribution in [1.29, 1.82) is 0 Å². The van der Waals surface area contributed by atoms with E-state index < -0.39 is 5.25 Å². The molecular formula is C18H17ClN4O3S. The van der Waals surface area contributed by atoms with Gasteiger partial charge in [0.05, 0.1) is 12.1 Å². The van der Waals surface area contributed by atoms with Crippen LogP contribution in [0.3, 0.4) is 0 Å². The van der Waals surface area contributed by atoms with E-state index in [2.05, 4.69) is 10.2 Å². The van der Waals surface area contributed by atoms with Crippen molar-refractivity contribution >= 4 is 23.4 Å². The SMILES string of the molecule is COc1ccc([C@H](C[N+](=O)[O-])Sc2nnc(C)n2-c2ccccc2)cc1Cl. The van der Waals surface area contributed by atoms with Crippen LogP contribution in [0.25, 0.3) is 5.69 Å². The van der Waals surface area contributed by atoms with Gasteiger partial charge in [0.2, 0.25) is 6.54 Å². The molecule has 0 saturated heterocycles. The lowest BCUT2D eigenvalue weighted by molar-refractivity contribution is -0.479. The second kappa shape index (κ2) is 8.41. The average Bonchev–Trinajstić information content (AvgIpc) is 3.01. The summed E-state index contributed by atoms with van der Waals surface area (Å²) >= 11 is 7.49. The summed E-state index contributed by atoms with van der Waals surface area (Å²) in [6.45, 7) is 1.57. The van der Waals surface area contributed by atoms with E-state index in [4.69, 9.17) is 16.3 Å². The summed E-state index contributed by atoms with van der Waals surface area (Å²) in [5, 5.41) is 20.1. The smallest absolute Gasteiger partial charge is 0.220 e. The molecule has 0 spiro atoms. The molecule has 2 aromatic carbocycles. The lowest BCUT2D eigenvalue weighted by Crippen LogP contribution is -2.11. The van der Waals surface area contributed by atoms with Crippen LogP contribution < -0.4 is 4.74 Å². The first kappa shape index (κ1) is 19.2. The molecule has 3 aromatic rings. The van der Waals surface area contributed by atoms with Crippen molar-refractivity contribution in [2.24, 2.45) is 0 Å². The summed E-state index contributed by atoms with van der Waals surface area (Å²) < 4.78 is 7.04. The minimum Gasteiger partial charge on any atom is -0.495 e. The van der Waals surface area contributed by atoms with Crippen LogP contribution in [0.2, 0.25) is 5.02 Å². The fourth-order valence-corrected chi connectivity index (χ4v) is 4.08. The standard InChI is InChI=1S/C18H17ClN4O3S/c1-12-20-21-18(23(12)14-6-4-3-5-7-14)27-17(11-22(24)25)13-8-9-16(26-2)15(19)10-13/h3-10,17H,11H2,1-2H3/t17-/m0/s1. The van der Waals surface area contributed by atoms with Gasteiger partial charge in [-0.15, -0.1) is 10.2 Å². The number of methoxy groups -OCH3 is 1. The summed E-state index contributed by atoms with van der Waals surface area (Å²) in [6, 6.07) is 14.8. The van der Waals surface area contributed by atoms with Gasteiger partial charge in [0.15, 0.2) is 5.16 Å². The summed E-state index contributed by atoms with van der Waals surface area (Å²) in [5.41, 5.74) is 1.62. The molecule has 140 valence electrons. The Morgan fingerprint density at radius 1 is 1.26 bits per heavy atom. The Labute approximate surface area is 165 Å². The number of thioether (sulfide) groups is 1. The van der Waals surface area contributed by atoms with E-state index >= 15 is 0 Å². The zero-order chi connectivity index (χ0) is 19.4. The maximum Gasteiger partial charge on any atom is 0.220 e. The first-order chi connectivity index (χ1) is 13.0. The highest BCUT2D eigenvalue weighted by Crippen LogP contribution is 2.38. The van der Waals surface area contributed by atoms with E-state index in [1.807, 2.05) is 41.8 Å². The highest BCUT2D eigenvalue weighted by molar-refractivity contribution is 7.99. The van der Waals surface area contributed by atoms with Gasteiger partial charge in [-0.05, 0) is 36.8 Å². The van der Waals surface area contributed by atoms with Crippen molar-refractivity contribution in [3.05, 3.63) is 75.1 Å². The van der Waals surface area contributed by atoms with E-state index in [-0.39, 0.29) is 11.5 Å². The Morgan fingerprint density at radius 2 is 2.00 bits per heavy atom. The second-order valence-electron chi connectivity index (χ2n) is 5.72. The summed E-state index contributed by atoms with van der Waals surface area (Å²) in [4.78, 5) is 10.9. The van der Waals surface area contributed by atoms with E-state index in [1.165, 1.54) is 18.9 Å². The maximum atomic E-state index is 11.2. The third kappa shape index (κ3) is 4.40. The van der Waals surface area contributed by atoms with Crippen LogP contribution in [0.4, 0.5) is 0 Å². The lowest BCUT2D eigenvalue weighted by atomic mass is 10.1. The molecule has 0 aliphatic carbocycles. The molecule has 1 aromatic heterocycles. The van der Waals surface area contributed by atoms with Gasteiger partial charge in [-0.2, -0.15) is 0 Å². The molecule has 9 heteroatoms. The van der Waals surface area contributed by atoms with Crippen LogP contribution in [-0.4, -0.2) is 33.3 Å². The molecule has 0 fully saturated rings. The van der Waals surface area contributed by atoms with Gasteiger partial charge in [-0.1, -0.05) is 47.6 Å². The molecule has 0 saturated carbocycles. The molecule has 0 N–H and O–H groups in total. The number of halogens is 1. The predicted molar refractivity (Wildman–Crippen MR) is 105 cm³/mol. The maximum absolute atomic E-state index is 11.2. The van der Waals surface area contributed by atoms with Gasteiger partial charge in [0, 0.05) is 10.6 Å². The summed E-state index contributed by atoms with van der Waals surface area (Å²) in [7, 11) is 1.52. The first-order valence-electron chi connectivity index (χ1n) is 8.09. The lowest BCUT2D eigenvalue weighted by Gasteiger charge is -2.15. The second-order valence-corrected chi connectivity index (χ2v) is 7.29. The quantitative estimate of drug-likeness (QED) is 0.331. The molecule has 0 bridgehead atoms. The Kier molecular flexibility index (Phi) is 5.98. The molecule has 27 heavy (non-hydrogen) atoms. The number of para-hydroxylation sites is 1. The van der Waals surface area contributed by atoms with Gasteiger partial charge in [0.1, 0.15) is 16.8 Å². The van der Waals surface area contributed by atoms with E-state index in [9.17, 15) is 10.1 Å². The zero-order valence-corrected chi connectivity index (χ0v) is 16.3. The van der Waals surface area contributed by atoms with Crippen LogP contribution in [0.5, 0.6) is 5.75 Å². The Bertz CT molecular complexity index is 949. The molecule has 7 nitrogen and oxygen atoms in total. The summed E-state index contributed by atoms with van der Waals surface area (Å²) in [6.07, 6.45) is 0. The molecule has 3 rings (SSSR count). The third-order valence-corrected chi connectivity index (χ3v) is 5.40. The number of hydrogen-bond acceptors (Lipinski definition) is 6. The number of rotatable bonds is 7. The zero-order valence-electron chi connectivity index (χ0n) is 14.7.